The van der Waals surface area contributed by atoms with Gasteiger partial charge in [0, 0.05) is 0 Å². The molecule has 0 atom stereocenters. The first-order chi connectivity index (χ1) is 8.61. The molecule has 3 N–H and O–H groups in total. The summed E-state index contributed by atoms with van der Waals surface area (Å²) in [5.74, 6) is 0.531. The van der Waals surface area contributed by atoms with Gasteiger partial charge in [-0.3, -0.25) is 4.79 Å². The lowest BCUT2D eigenvalue weighted by Crippen LogP contribution is -2.33. The van der Waals surface area contributed by atoms with Crippen molar-refractivity contribution in [2.24, 2.45) is 5.41 Å². The van der Waals surface area contributed by atoms with Crippen LogP contribution in [0.5, 0.6) is 5.75 Å². The third-order valence-electron chi connectivity index (χ3n) is 3.42. The summed E-state index contributed by atoms with van der Waals surface area (Å²) >= 11 is 0. The number of anilines is 2. The Morgan fingerprint density at radius 3 is 2.53 bits per heavy atom. The van der Waals surface area contributed by atoms with E-state index in [0.717, 1.165) is 5.56 Å². The first-order valence-corrected chi connectivity index (χ1v) is 6.49. The van der Waals surface area contributed by atoms with E-state index in [0.29, 0.717) is 23.7 Å². The lowest BCUT2D eigenvalue weighted by atomic mass is 9.86. The van der Waals surface area contributed by atoms with Crippen LogP contribution in [0.2, 0.25) is 0 Å². The van der Waals surface area contributed by atoms with Gasteiger partial charge >= 0.3 is 0 Å². The van der Waals surface area contributed by atoms with E-state index in [-0.39, 0.29) is 11.3 Å². The van der Waals surface area contributed by atoms with Crippen LogP contribution in [0.25, 0.3) is 0 Å². The summed E-state index contributed by atoms with van der Waals surface area (Å²) in [6.07, 6.45) is 0. The molecule has 1 aliphatic heterocycles. The molecule has 0 unspecified atom stereocenters. The minimum atomic E-state index is -0.562. The van der Waals surface area contributed by atoms with Crippen molar-refractivity contribution in [2.75, 3.05) is 17.7 Å². The SMILES string of the molecule is CC1(C)COc2c(N)cc(C(C)(C)C)cc2NC1=O. The molecular formula is C15H22N2O2. The van der Waals surface area contributed by atoms with E-state index in [4.69, 9.17) is 10.5 Å². The van der Waals surface area contributed by atoms with Crippen molar-refractivity contribution in [3.05, 3.63) is 17.7 Å². The van der Waals surface area contributed by atoms with Gasteiger partial charge in [0.25, 0.3) is 0 Å². The molecule has 1 aliphatic rings. The van der Waals surface area contributed by atoms with Gasteiger partial charge in [-0.05, 0) is 37.0 Å². The molecule has 0 radical (unpaired) electrons. The van der Waals surface area contributed by atoms with E-state index in [1.165, 1.54) is 0 Å². The molecule has 0 saturated carbocycles. The molecule has 1 aromatic rings. The zero-order chi connectivity index (χ0) is 14.4. The Morgan fingerprint density at radius 2 is 1.95 bits per heavy atom. The summed E-state index contributed by atoms with van der Waals surface area (Å²) in [7, 11) is 0. The summed E-state index contributed by atoms with van der Waals surface area (Å²) < 4.78 is 5.72. The van der Waals surface area contributed by atoms with E-state index in [1.807, 2.05) is 26.0 Å². The van der Waals surface area contributed by atoms with Crippen LogP contribution in [-0.4, -0.2) is 12.5 Å². The fourth-order valence-electron chi connectivity index (χ4n) is 1.95. The highest BCUT2D eigenvalue weighted by atomic mass is 16.5. The molecule has 2 rings (SSSR count). The van der Waals surface area contributed by atoms with Gasteiger partial charge in [-0.2, -0.15) is 0 Å². The zero-order valence-electron chi connectivity index (χ0n) is 12.3. The Kier molecular flexibility index (Phi) is 3.00. The largest absolute Gasteiger partial charge is 0.488 e. The Bertz CT molecular complexity index is 528. The Hall–Kier alpha value is -1.71. The first-order valence-electron chi connectivity index (χ1n) is 6.49. The molecule has 4 heteroatoms. The van der Waals surface area contributed by atoms with Crippen LogP contribution in [0.3, 0.4) is 0 Å². The molecule has 0 fully saturated rings. The van der Waals surface area contributed by atoms with Crippen molar-refractivity contribution in [3.8, 4) is 5.75 Å². The minimum Gasteiger partial charge on any atom is -0.488 e. The number of benzene rings is 1. The minimum absolute atomic E-state index is 0.0320. The second-order valence-electron chi connectivity index (χ2n) is 6.82. The van der Waals surface area contributed by atoms with Crippen molar-refractivity contribution in [2.45, 2.75) is 40.0 Å². The van der Waals surface area contributed by atoms with Crippen LogP contribution in [0.4, 0.5) is 11.4 Å². The Labute approximate surface area is 114 Å². The average Bonchev–Trinajstić information content (AvgIpc) is 2.36. The quantitative estimate of drug-likeness (QED) is 0.706. The summed E-state index contributed by atoms with van der Waals surface area (Å²) in [4.78, 5) is 12.1. The predicted molar refractivity (Wildman–Crippen MR) is 77.5 cm³/mol. The van der Waals surface area contributed by atoms with Gasteiger partial charge in [-0.15, -0.1) is 0 Å². The number of nitrogen functional groups attached to an aromatic ring is 1. The van der Waals surface area contributed by atoms with Crippen molar-refractivity contribution >= 4 is 17.3 Å². The molecule has 0 spiro atoms. The van der Waals surface area contributed by atoms with Crippen LogP contribution in [-0.2, 0) is 10.2 Å². The third kappa shape index (κ3) is 2.53. The van der Waals surface area contributed by atoms with E-state index in [9.17, 15) is 4.79 Å². The second-order valence-corrected chi connectivity index (χ2v) is 6.82. The molecule has 0 saturated heterocycles. The van der Waals surface area contributed by atoms with Crippen molar-refractivity contribution in [1.82, 2.24) is 0 Å². The van der Waals surface area contributed by atoms with Crippen LogP contribution in [0.1, 0.15) is 40.2 Å². The van der Waals surface area contributed by atoms with Crippen LogP contribution >= 0.6 is 0 Å². The van der Waals surface area contributed by atoms with E-state index >= 15 is 0 Å². The van der Waals surface area contributed by atoms with E-state index in [2.05, 4.69) is 26.1 Å². The number of nitrogens with two attached hydrogens (primary N) is 1. The van der Waals surface area contributed by atoms with E-state index in [1.54, 1.807) is 0 Å². The highest BCUT2D eigenvalue weighted by Gasteiger charge is 2.33. The Balaban J connectivity index is 2.52. The number of nitrogens with one attached hydrogen (secondary N) is 1. The number of ether oxygens (including phenoxy) is 1. The molecule has 4 nitrogen and oxygen atoms in total. The molecule has 0 aliphatic carbocycles. The topological polar surface area (TPSA) is 64.3 Å². The second kappa shape index (κ2) is 4.15. The highest BCUT2D eigenvalue weighted by molar-refractivity contribution is 5.98. The van der Waals surface area contributed by atoms with Gasteiger partial charge in [0.05, 0.1) is 16.8 Å². The van der Waals surface area contributed by atoms with Crippen LogP contribution in [0.15, 0.2) is 12.1 Å². The van der Waals surface area contributed by atoms with Gasteiger partial charge in [0.1, 0.15) is 6.61 Å². The maximum atomic E-state index is 12.1. The fourth-order valence-corrected chi connectivity index (χ4v) is 1.95. The lowest BCUT2D eigenvalue weighted by Gasteiger charge is -2.22. The lowest BCUT2D eigenvalue weighted by molar-refractivity contribution is -0.124. The van der Waals surface area contributed by atoms with Crippen molar-refractivity contribution in [1.29, 1.82) is 0 Å². The number of amides is 1. The summed E-state index contributed by atoms with van der Waals surface area (Å²) in [6, 6.07) is 3.87. The molecule has 0 bridgehead atoms. The predicted octanol–water partition coefficient (Wildman–Crippen LogP) is 2.92. The maximum Gasteiger partial charge on any atom is 0.233 e. The molecule has 19 heavy (non-hydrogen) atoms. The third-order valence-corrected chi connectivity index (χ3v) is 3.42. The highest BCUT2D eigenvalue weighted by Crippen LogP contribution is 2.40. The number of rotatable bonds is 0. The molecule has 1 heterocycles. The number of hydrogen-bond acceptors (Lipinski definition) is 3. The molecular weight excluding hydrogens is 240 g/mol. The monoisotopic (exact) mass is 262 g/mol. The summed E-state index contributed by atoms with van der Waals surface area (Å²) in [5, 5.41) is 2.92. The summed E-state index contributed by atoms with van der Waals surface area (Å²) in [6.45, 7) is 10.4. The molecule has 104 valence electrons. The number of carbonyl (C=O) groups is 1. The smallest absolute Gasteiger partial charge is 0.233 e. The molecule has 1 amide bonds. The fraction of sp³-hybridized carbons (Fsp3) is 0.533. The van der Waals surface area contributed by atoms with Gasteiger partial charge in [0.15, 0.2) is 5.75 Å². The van der Waals surface area contributed by atoms with E-state index < -0.39 is 5.41 Å². The number of carbonyl (C=O) groups excluding carboxylic acids is 1. The normalized spacial score (nSPS) is 18.1. The van der Waals surface area contributed by atoms with Crippen molar-refractivity contribution in [3.63, 3.8) is 0 Å². The van der Waals surface area contributed by atoms with Gasteiger partial charge in [0.2, 0.25) is 5.91 Å². The van der Waals surface area contributed by atoms with Gasteiger partial charge < -0.3 is 15.8 Å². The maximum absolute atomic E-state index is 12.1. The zero-order valence-corrected chi connectivity index (χ0v) is 12.3. The molecule has 0 aromatic heterocycles. The molecule has 1 aromatic carbocycles. The standard InChI is InChI=1S/C15H22N2O2/c1-14(2,3)9-6-10(16)12-11(7-9)17-13(18)15(4,5)8-19-12/h6-7H,8,16H2,1-5H3,(H,17,18). The van der Waals surface area contributed by atoms with Crippen LogP contribution < -0.4 is 15.8 Å². The number of hydrogen-bond donors (Lipinski definition) is 2. The van der Waals surface area contributed by atoms with Crippen LogP contribution in [0, 0.1) is 5.41 Å². The first kappa shape index (κ1) is 13.7. The number of fused-ring (bicyclic) bond motifs is 1. The summed E-state index contributed by atoms with van der Waals surface area (Å²) in [5.41, 5.74) is 7.79. The van der Waals surface area contributed by atoms with Gasteiger partial charge in [-0.25, -0.2) is 0 Å². The van der Waals surface area contributed by atoms with Crippen molar-refractivity contribution < 1.29 is 9.53 Å². The average molecular weight is 262 g/mol. The van der Waals surface area contributed by atoms with Gasteiger partial charge in [-0.1, -0.05) is 20.8 Å². The Morgan fingerprint density at radius 1 is 1.32 bits per heavy atom.